The third-order valence-corrected chi connectivity index (χ3v) is 3.91. The lowest BCUT2D eigenvalue weighted by molar-refractivity contribution is 1.07. The Balaban J connectivity index is 1.73. The first kappa shape index (κ1) is 16.9. The molecule has 3 aromatic rings. The first-order valence-electron chi connectivity index (χ1n) is 7.96. The van der Waals surface area contributed by atoms with Crippen molar-refractivity contribution in [3.8, 4) is 11.1 Å². The second-order valence-corrected chi connectivity index (χ2v) is 5.85. The van der Waals surface area contributed by atoms with Crippen LogP contribution in [0.1, 0.15) is 11.1 Å². The predicted molar refractivity (Wildman–Crippen MR) is 106 cm³/mol. The van der Waals surface area contributed by atoms with Crippen LogP contribution in [0.4, 0.5) is 0 Å². The summed E-state index contributed by atoms with van der Waals surface area (Å²) in [5.74, 6) is 0.354. The summed E-state index contributed by atoms with van der Waals surface area (Å²) >= 11 is 6.11. The minimum Gasteiger partial charge on any atom is -0.383 e. The molecule has 0 spiro atoms. The van der Waals surface area contributed by atoms with Crippen molar-refractivity contribution in [2.24, 2.45) is 15.7 Å². The molecule has 0 aliphatic rings. The minimum absolute atomic E-state index is 0.145. The van der Waals surface area contributed by atoms with Crippen LogP contribution in [0.3, 0.4) is 0 Å². The first-order chi connectivity index (χ1) is 12.2. The van der Waals surface area contributed by atoms with Crippen LogP contribution < -0.4 is 5.73 Å². The maximum atomic E-state index is 6.11. The molecule has 2 N–H and O–H groups in total. The summed E-state index contributed by atoms with van der Waals surface area (Å²) in [6.45, 7) is 0.449. The molecule has 25 heavy (non-hydrogen) atoms. The molecule has 0 radical (unpaired) electrons. The van der Waals surface area contributed by atoms with Gasteiger partial charge in [-0.15, -0.1) is 0 Å². The number of rotatable bonds is 4. The van der Waals surface area contributed by atoms with E-state index >= 15 is 0 Å². The fraction of sp³-hybridized carbons (Fsp3) is 0.0476. The molecule has 0 amide bonds. The van der Waals surface area contributed by atoms with Crippen LogP contribution in [-0.4, -0.2) is 11.1 Å². The fourth-order valence-electron chi connectivity index (χ4n) is 2.44. The molecule has 0 bridgehead atoms. The number of halogens is 1. The van der Waals surface area contributed by atoms with Gasteiger partial charge in [0, 0.05) is 5.56 Å². The van der Waals surface area contributed by atoms with Crippen LogP contribution in [0.15, 0.2) is 94.9 Å². The van der Waals surface area contributed by atoms with Gasteiger partial charge in [0.2, 0.25) is 5.29 Å². The smallest absolute Gasteiger partial charge is 0.220 e. The number of hydrogen-bond acceptors (Lipinski definition) is 1. The van der Waals surface area contributed by atoms with Gasteiger partial charge in [-0.1, -0.05) is 78.9 Å². The molecule has 0 saturated heterocycles. The topological polar surface area (TPSA) is 50.7 Å². The van der Waals surface area contributed by atoms with Crippen molar-refractivity contribution in [2.75, 3.05) is 0 Å². The maximum absolute atomic E-state index is 6.11. The van der Waals surface area contributed by atoms with Crippen LogP contribution in [0.5, 0.6) is 0 Å². The Morgan fingerprint density at radius 3 is 2.16 bits per heavy atom. The van der Waals surface area contributed by atoms with E-state index in [4.69, 9.17) is 17.3 Å². The molecule has 0 saturated carbocycles. The zero-order valence-corrected chi connectivity index (χ0v) is 14.4. The lowest BCUT2D eigenvalue weighted by Gasteiger charge is -2.04. The van der Waals surface area contributed by atoms with E-state index in [2.05, 4.69) is 34.3 Å². The molecule has 0 heterocycles. The monoisotopic (exact) mass is 347 g/mol. The molecular weight excluding hydrogens is 330 g/mol. The number of nitrogens with two attached hydrogens (primary N) is 1. The van der Waals surface area contributed by atoms with Gasteiger partial charge in [0.25, 0.3) is 0 Å². The number of nitrogens with zero attached hydrogens (tertiary/aromatic N) is 2. The normalized spacial score (nSPS) is 12.2. The van der Waals surface area contributed by atoms with E-state index < -0.39 is 0 Å². The van der Waals surface area contributed by atoms with E-state index in [9.17, 15) is 0 Å². The van der Waals surface area contributed by atoms with Crippen LogP contribution >= 0.6 is 11.6 Å². The van der Waals surface area contributed by atoms with Crippen LogP contribution in [0.2, 0.25) is 0 Å². The van der Waals surface area contributed by atoms with Crippen LogP contribution in [0, 0.1) is 0 Å². The zero-order chi connectivity index (χ0) is 17.5. The molecule has 0 atom stereocenters. The lowest BCUT2D eigenvalue weighted by atomic mass is 10.0. The van der Waals surface area contributed by atoms with Crippen molar-refractivity contribution in [1.82, 2.24) is 0 Å². The molecule has 3 nitrogen and oxygen atoms in total. The Hall–Kier alpha value is -2.91. The van der Waals surface area contributed by atoms with E-state index in [0.717, 1.165) is 16.7 Å². The molecule has 0 fully saturated rings. The molecule has 124 valence electrons. The highest BCUT2D eigenvalue weighted by Crippen LogP contribution is 2.20. The van der Waals surface area contributed by atoms with Gasteiger partial charge in [0.15, 0.2) is 0 Å². The van der Waals surface area contributed by atoms with E-state index in [1.807, 2.05) is 60.7 Å². The van der Waals surface area contributed by atoms with Gasteiger partial charge >= 0.3 is 0 Å². The molecule has 0 unspecified atom stereocenters. The van der Waals surface area contributed by atoms with Crippen molar-refractivity contribution < 1.29 is 0 Å². The Bertz CT molecular complexity index is 887. The third-order valence-electron chi connectivity index (χ3n) is 3.71. The highest BCUT2D eigenvalue weighted by Gasteiger charge is 2.01. The summed E-state index contributed by atoms with van der Waals surface area (Å²) in [6.07, 6.45) is 0. The standard InChI is InChI=1S/C21H18ClN3/c22-21(25-20(23)18-11-5-2-6-12-18)24-15-16-8-7-13-19(14-16)17-9-3-1-4-10-17/h1-14H,15H2,(H2,23,24,25). The van der Waals surface area contributed by atoms with Crippen molar-refractivity contribution in [3.05, 3.63) is 96.1 Å². The molecule has 0 aliphatic carbocycles. The number of aliphatic imine (C=N–C) groups is 2. The summed E-state index contributed by atoms with van der Waals surface area (Å²) in [6, 6.07) is 27.9. The summed E-state index contributed by atoms with van der Waals surface area (Å²) < 4.78 is 0. The van der Waals surface area contributed by atoms with Crippen molar-refractivity contribution in [2.45, 2.75) is 6.54 Å². The van der Waals surface area contributed by atoms with Crippen molar-refractivity contribution in [1.29, 1.82) is 0 Å². The summed E-state index contributed by atoms with van der Waals surface area (Å²) in [4.78, 5) is 8.46. The van der Waals surface area contributed by atoms with E-state index in [1.54, 1.807) is 0 Å². The first-order valence-corrected chi connectivity index (χ1v) is 8.34. The molecule has 4 heteroatoms. The number of hydrogen-bond donors (Lipinski definition) is 1. The van der Waals surface area contributed by atoms with Crippen LogP contribution in [-0.2, 0) is 6.54 Å². The molecule has 3 rings (SSSR count). The SMILES string of the molecule is N/C(=N\C(Cl)=NCc1cccc(-c2ccccc2)c1)c1ccccc1. The van der Waals surface area contributed by atoms with Crippen molar-refractivity contribution in [3.63, 3.8) is 0 Å². The molecule has 0 aliphatic heterocycles. The average molecular weight is 348 g/mol. The van der Waals surface area contributed by atoms with Gasteiger partial charge < -0.3 is 5.73 Å². The van der Waals surface area contributed by atoms with Crippen molar-refractivity contribution >= 4 is 22.7 Å². The fourth-order valence-corrected chi connectivity index (χ4v) is 2.60. The van der Waals surface area contributed by atoms with Gasteiger partial charge in [-0.2, -0.15) is 0 Å². The molecular formula is C21H18ClN3. The van der Waals surface area contributed by atoms with Crippen LogP contribution in [0.25, 0.3) is 11.1 Å². The number of amidine groups is 2. The number of benzene rings is 3. The molecule has 3 aromatic carbocycles. The Labute approximate surface area is 152 Å². The van der Waals surface area contributed by atoms with Gasteiger partial charge in [-0.3, -0.25) is 4.99 Å². The van der Waals surface area contributed by atoms with E-state index in [-0.39, 0.29) is 5.29 Å². The van der Waals surface area contributed by atoms with E-state index in [0.29, 0.717) is 12.4 Å². The second kappa shape index (κ2) is 8.27. The zero-order valence-electron chi connectivity index (χ0n) is 13.6. The molecule has 0 aromatic heterocycles. The minimum atomic E-state index is 0.145. The van der Waals surface area contributed by atoms with Gasteiger partial charge in [0.1, 0.15) is 5.84 Å². The second-order valence-electron chi connectivity index (χ2n) is 5.51. The highest BCUT2D eigenvalue weighted by molar-refractivity contribution is 6.65. The largest absolute Gasteiger partial charge is 0.383 e. The Kier molecular flexibility index (Phi) is 5.60. The average Bonchev–Trinajstić information content (AvgIpc) is 2.68. The van der Waals surface area contributed by atoms with Gasteiger partial charge in [0.05, 0.1) is 6.54 Å². The predicted octanol–water partition coefficient (Wildman–Crippen LogP) is 4.85. The Morgan fingerprint density at radius 1 is 0.800 bits per heavy atom. The maximum Gasteiger partial charge on any atom is 0.220 e. The summed E-state index contributed by atoms with van der Waals surface area (Å²) in [5, 5.41) is 0.145. The lowest BCUT2D eigenvalue weighted by Crippen LogP contribution is -2.14. The quantitative estimate of drug-likeness (QED) is 0.409. The summed E-state index contributed by atoms with van der Waals surface area (Å²) in [5.41, 5.74) is 10.2. The third kappa shape index (κ3) is 4.78. The Morgan fingerprint density at radius 2 is 1.44 bits per heavy atom. The summed E-state index contributed by atoms with van der Waals surface area (Å²) in [7, 11) is 0. The van der Waals surface area contributed by atoms with Gasteiger partial charge in [-0.05, 0) is 34.4 Å². The highest BCUT2D eigenvalue weighted by atomic mass is 35.5. The van der Waals surface area contributed by atoms with E-state index in [1.165, 1.54) is 5.56 Å². The van der Waals surface area contributed by atoms with Gasteiger partial charge in [-0.25, -0.2) is 4.99 Å².